The van der Waals surface area contributed by atoms with Crippen LogP contribution >= 0.6 is 0 Å². The Kier molecular flexibility index (Phi) is 4.72. The van der Waals surface area contributed by atoms with E-state index in [2.05, 4.69) is 5.32 Å². The van der Waals surface area contributed by atoms with Crippen LogP contribution in [-0.2, 0) is 6.54 Å². The lowest BCUT2D eigenvalue weighted by Gasteiger charge is -2.09. The number of hydrogen-bond donors (Lipinski definition) is 1. The van der Waals surface area contributed by atoms with Crippen molar-refractivity contribution in [1.82, 2.24) is 0 Å². The molecule has 5 heteroatoms. The van der Waals surface area contributed by atoms with E-state index < -0.39 is 4.92 Å². The molecule has 0 aliphatic rings. The van der Waals surface area contributed by atoms with Crippen molar-refractivity contribution in [2.75, 3.05) is 5.32 Å². The van der Waals surface area contributed by atoms with E-state index in [9.17, 15) is 10.1 Å². The highest BCUT2D eigenvalue weighted by Crippen LogP contribution is 2.23. The Morgan fingerprint density at radius 2 is 1.62 bits per heavy atom. The van der Waals surface area contributed by atoms with Crippen LogP contribution in [0.4, 0.5) is 11.4 Å². The number of nitro groups is 1. The molecule has 0 spiro atoms. The lowest BCUT2D eigenvalue weighted by Crippen LogP contribution is -2.00. The van der Waals surface area contributed by atoms with Crippen LogP contribution in [0, 0.1) is 10.1 Å². The molecule has 5 nitrogen and oxygen atoms in total. The minimum Gasteiger partial charge on any atom is -0.457 e. The molecule has 120 valence electrons. The van der Waals surface area contributed by atoms with Gasteiger partial charge in [-0.15, -0.1) is 0 Å². The molecule has 0 aliphatic carbocycles. The SMILES string of the molecule is O=[N+]([O-])c1cccc(NCc2cccc(Oc3ccccc3)c2)c1. The molecule has 3 rings (SSSR count). The number of nitrogens with one attached hydrogen (secondary N) is 1. The number of para-hydroxylation sites is 1. The van der Waals surface area contributed by atoms with Gasteiger partial charge in [0.2, 0.25) is 0 Å². The summed E-state index contributed by atoms with van der Waals surface area (Å²) in [4.78, 5) is 10.4. The van der Waals surface area contributed by atoms with Crippen molar-refractivity contribution in [2.24, 2.45) is 0 Å². The average molecular weight is 320 g/mol. The minimum absolute atomic E-state index is 0.0705. The van der Waals surface area contributed by atoms with E-state index in [0.29, 0.717) is 12.2 Å². The molecular weight excluding hydrogens is 304 g/mol. The lowest BCUT2D eigenvalue weighted by molar-refractivity contribution is -0.384. The van der Waals surface area contributed by atoms with E-state index in [4.69, 9.17) is 4.74 Å². The highest BCUT2D eigenvalue weighted by Gasteiger charge is 2.05. The predicted molar refractivity (Wildman–Crippen MR) is 93.4 cm³/mol. The van der Waals surface area contributed by atoms with E-state index in [1.54, 1.807) is 12.1 Å². The normalized spacial score (nSPS) is 10.2. The number of rotatable bonds is 6. The second kappa shape index (κ2) is 7.28. The summed E-state index contributed by atoms with van der Waals surface area (Å²) in [5, 5.41) is 14.0. The van der Waals surface area contributed by atoms with E-state index >= 15 is 0 Å². The van der Waals surface area contributed by atoms with Crippen molar-refractivity contribution in [1.29, 1.82) is 0 Å². The summed E-state index contributed by atoms with van der Waals surface area (Å²) < 4.78 is 5.80. The van der Waals surface area contributed by atoms with Crippen LogP contribution in [0.1, 0.15) is 5.56 Å². The minimum atomic E-state index is -0.403. The Hall–Kier alpha value is -3.34. The number of benzene rings is 3. The first-order valence-electron chi connectivity index (χ1n) is 7.51. The Morgan fingerprint density at radius 3 is 2.42 bits per heavy atom. The summed E-state index contributed by atoms with van der Waals surface area (Å²) in [6.45, 7) is 0.549. The van der Waals surface area contributed by atoms with Gasteiger partial charge in [-0.1, -0.05) is 36.4 Å². The molecule has 1 N–H and O–H groups in total. The van der Waals surface area contributed by atoms with Crippen LogP contribution in [0.2, 0.25) is 0 Å². The van der Waals surface area contributed by atoms with Gasteiger partial charge < -0.3 is 10.1 Å². The summed E-state index contributed by atoms with van der Waals surface area (Å²) in [6, 6.07) is 23.8. The lowest BCUT2D eigenvalue weighted by atomic mass is 10.2. The zero-order valence-corrected chi connectivity index (χ0v) is 12.9. The Balaban J connectivity index is 1.66. The van der Waals surface area contributed by atoms with Crippen molar-refractivity contribution < 1.29 is 9.66 Å². The smallest absolute Gasteiger partial charge is 0.271 e. The molecule has 0 aromatic heterocycles. The number of ether oxygens (including phenoxy) is 1. The van der Waals surface area contributed by atoms with Gasteiger partial charge in [0.05, 0.1) is 4.92 Å². The second-order valence-electron chi connectivity index (χ2n) is 5.22. The summed E-state index contributed by atoms with van der Waals surface area (Å²) in [5.41, 5.74) is 1.80. The van der Waals surface area contributed by atoms with Crippen molar-refractivity contribution in [3.05, 3.63) is 94.5 Å². The molecule has 0 saturated carbocycles. The van der Waals surface area contributed by atoms with Crippen LogP contribution < -0.4 is 10.1 Å². The van der Waals surface area contributed by atoms with Gasteiger partial charge in [-0.05, 0) is 35.9 Å². The van der Waals surface area contributed by atoms with Crippen LogP contribution in [-0.4, -0.2) is 4.92 Å². The summed E-state index contributed by atoms with van der Waals surface area (Å²) in [5.74, 6) is 1.53. The first-order chi connectivity index (χ1) is 11.7. The third-order valence-electron chi connectivity index (χ3n) is 3.43. The van der Waals surface area contributed by atoms with Crippen LogP contribution in [0.25, 0.3) is 0 Å². The Bertz CT molecular complexity index is 835. The molecule has 0 bridgehead atoms. The fraction of sp³-hybridized carbons (Fsp3) is 0.0526. The number of nitro benzene ring substituents is 1. The summed E-state index contributed by atoms with van der Waals surface area (Å²) >= 11 is 0. The molecule has 24 heavy (non-hydrogen) atoms. The topological polar surface area (TPSA) is 64.4 Å². The molecule has 0 amide bonds. The predicted octanol–water partition coefficient (Wildman–Crippen LogP) is 5.00. The molecule has 3 aromatic rings. The van der Waals surface area contributed by atoms with E-state index in [-0.39, 0.29) is 5.69 Å². The van der Waals surface area contributed by atoms with Gasteiger partial charge in [0.25, 0.3) is 5.69 Å². The van der Waals surface area contributed by atoms with Gasteiger partial charge in [-0.25, -0.2) is 0 Å². The largest absolute Gasteiger partial charge is 0.457 e. The van der Waals surface area contributed by atoms with Gasteiger partial charge in [-0.3, -0.25) is 10.1 Å². The fourth-order valence-electron chi connectivity index (χ4n) is 2.28. The number of anilines is 1. The molecule has 0 fully saturated rings. The number of nitrogens with zero attached hydrogens (tertiary/aromatic N) is 1. The zero-order chi connectivity index (χ0) is 16.8. The molecule has 3 aromatic carbocycles. The van der Waals surface area contributed by atoms with Crippen LogP contribution in [0.5, 0.6) is 11.5 Å². The number of non-ortho nitro benzene ring substituents is 1. The molecule has 0 saturated heterocycles. The van der Waals surface area contributed by atoms with Gasteiger partial charge >= 0.3 is 0 Å². The molecule has 0 heterocycles. The maximum atomic E-state index is 10.8. The highest BCUT2D eigenvalue weighted by atomic mass is 16.6. The van der Waals surface area contributed by atoms with Gasteiger partial charge in [0, 0.05) is 24.4 Å². The van der Waals surface area contributed by atoms with Crippen molar-refractivity contribution in [3.63, 3.8) is 0 Å². The zero-order valence-electron chi connectivity index (χ0n) is 12.9. The quantitative estimate of drug-likeness (QED) is 0.513. The Labute approximate surface area is 139 Å². The van der Waals surface area contributed by atoms with Crippen molar-refractivity contribution in [2.45, 2.75) is 6.54 Å². The second-order valence-corrected chi connectivity index (χ2v) is 5.22. The van der Waals surface area contributed by atoms with Crippen molar-refractivity contribution >= 4 is 11.4 Å². The van der Waals surface area contributed by atoms with E-state index in [1.807, 2.05) is 54.6 Å². The van der Waals surface area contributed by atoms with Crippen LogP contribution in [0.15, 0.2) is 78.9 Å². The molecule has 0 aliphatic heterocycles. The van der Waals surface area contributed by atoms with Gasteiger partial charge in [0.15, 0.2) is 0 Å². The van der Waals surface area contributed by atoms with Crippen molar-refractivity contribution in [3.8, 4) is 11.5 Å². The average Bonchev–Trinajstić information content (AvgIpc) is 2.61. The summed E-state index contributed by atoms with van der Waals surface area (Å²) in [7, 11) is 0. The van der Waals surface area contributed by atoms with Crippen LogP contribution in [0.3, 0.4) is 0 Å². The first-order valence-corrected chi connectivity index (χ1v) is 7.51. The third kappa shape index (κ3) is 4.10. The van der Waals surface area contributed by atoms with E-state index in [0.717, 1.165) is 17.1 Å². The van der Waals surface area contributed by atoms with Gasteiger partial charge in [0.1, 0.15) is 11.5 Å². The standard InChI is InChI=1S/C19H16N2O3/c22-21(23)17-8-5-7-16(13-17)20-14-15-6-4-11-19(12-15)24-18-9-2-1-3-10-18/h1-13,20H,14H2. The Morgan fingerprint density at radius 1 is 0.875 bits per heavy atom. The molecule has 0 radical (unpaired) electrons. The number of hydrogen-bond acceptors (Lipinski definition) is 4. The summed E-state index contributed by atoms with van der Waals surface area (Å²) in [6.07, 6.45) is 0. The fourth-order valence-corrected chi connectivity index (χ4v) is 2.28. The molecule has 0 atom stereocenters. The molecular formula is C19H16N2O3. The molecule has 0 unspecified atom stereocenters. The third-order valence-corrected chi connectivity index (χ3v) is 3.43. The first kappa shape index (κ1) is 15.6. The highest BCUT2D eigenvalue weighted by molar-refractivity contribution is 5.51. The van der Waals surface area contributed by atoms with Gasteiger partial charge in [-0.2, -0.15) is 0 Å². The maximum Gasteiger partial charge on any atom is 0.271 e. The monoisotopic (exact) mass is 320 g/mol. The maximum absolute atomic E-state index is 10.8. The van der Waals surface area contributed by atoms with E-state index in [1.165, 1.54) is 12.1 Å².